The number of urea groups is 1. The number of nitrogen functional groups attached to an aromatic ring is 1. The molecule has 0 atom stereocenters. The van der Waals surface area contributed by atoms with Gasteiger partial charge in [0.25, 0.3) is 5.91 Å². The van der Waals surface area contributed by atoms with E-state index >= 15 is 0 Å². The summed E-state index contributed by atoms with van der Waals surface area (Å²) in [6.45, 7) is 2.76. The molecule has 2 aliphatic rings. The van der Waals surface area contributed by atoms with Crippen molar-refractivity contribution in [1.82, 2.24) is 14.9 Å². The second-order valence-corrected chi connectivity index (χ2v) is 6.96. The highest BCUT2D eigenvalue weighted by molar-refractivity contribution is 6.10. The first-order valence-corrected chi connectivity index (χ1v) is 9.31. The number of carboxylic acid groups (broad SMARTS) is 1. The fourth-order valence-electron chi connectivity index (χ4n) is 3.64. The van der Waals surface area contributed by atoms with E-state index in [1.165, 1.54) is 21.0 Å². The third-order valence-corrected chi connectivity index (χ3v) is 5.06. The normalized spacial score (nSPS) is 16.4. The summed E-state index contributed by atoms with van der Waals surface area (Å²) in [4.78, 5) is 48.7. The van der Waals surface area contributed by atoms with Gasteiger partial charge < -0.3 is 25.4 Å². The van der Waals surface area contributed by atoms with Gasteiger partial charge in [-0.1, -0.05) is 0 Å². The Morgan fingerprint density at radius 3 is 2.73 bits per heavy atom. The summed E-state index contributed by atoms with van der Waals surface area (Å²) in [5.74, 6) is -1.21. The number of carbonyl (C=O) groups excluding carboxylic acids is 2. The lowest BCUT2D eigenvalue weighted by Gasteiger charge is -2.24. The fourth-order valence-corrected chi connectivity index (χ4v) is 3.64. The van der Waals surface area contributed by atoms with Crippen molar-refractivity contribution in [3.8, 4) is 5.88 Å². The van der Waals surface area contributed by atoms with Gasteiger partial charge in [-0.25, -0.2) is 14.8 Å². The van der Waals surface area contributed by atoms with Crippen LogP contribution in [0.1, 0.15) is 15.9 Å². The zero-order valence-corrected chi connectivity index (χ0v) is 16.2. The number of hydrogen-bond acceptors (Lipinski definition) is 7. The number of fused-ring (bicyclic) bond motifs is 1. The van der Waals surface area contributed by atoms with Gasteiger partial charge in [-0.05, 0) is 30.7 Å². The summed E-state index contributed by atoms with van der Waals surface area (Å²) in [7, 11) is 0. The number of amides is 3. The van der Waals surface area contributed by atoms with Gasteiger partial charge in [-0.2, -0.15) is 0 Å². The summed E-state index contributed by atoms with van der Waals surface area (Å²) in [6, 6.07) is 4.92. The molecule has 2 aromatic rings. The van der Waals surface area contributed by atoms with Gasteiger partial charge in [-0.3, -0.25) is 14.5 Å². The zero-order chi connectivity index (χ0) is 21.4. The van der Waals surface area contributed by atoms with Crippen LogP contribution >= 0.6 is 0 Å². The lowest BCUT2D eigenvalue weighted by atomic mass is 10.1. The number of hydrogen-bond donors (Lipinski definition) is 2. The Hall–Kier alpha value is -3.89. The highest BCUT2D eigenvalue weighted by Gasteiger charge is 2.33. The number of nitrogens with zero attached hydrogens (tertiary/aromatic N) is 5. The van der Waals surface area contributed by atoms with Gasteiger partial charge in [0.05, 0.1) is 6.54 Å². The van der Waals surface area contributed by atoms with Crippen molar-refractivity contribution >= 4 is 35.1 Å². The number of anilines is 3. The number of carboxylic acids is 1. The summed E-state index contributed by atoms with van der Waals surface area (Å²) in [5, 5.41) is 8.94. The van der Waals surface area contributed by atoms with Crippen molar-refractivity contribution in [2.75, 3.05) is 48.3 Å². The first kappa shape index (κ1) is 19.4. The minimum absolute atomic E-state index is 0.0476. The molecule has 0 spiro atoms. The van der Waals surface area contributed by atoms with Gasteiger partial charge in [0.2, 0.25) is 5.88 Å². The average Bonchev–Trinajstić information content (AvgIpc) is 2.94. The summed E-state index contributed by atoms with van der Waals surface area (Å²) >= 11 is 0. The van der Waals surface area contributed by atoms with Crippen LogP contribution in [-0.4, -0.2) is 70.7 Å². The standard InChI is InChI=1S/C19H20N6O5/c1-11-8-12(2-3-13(11)25-5-4-23(19(25)29)9-14(26)27)24-6-7-30-17-15(18(24)28)16(20)21-10-22-17/h2-3,8,10H,4-7,9H2,1H3,(H,26,27)(H2,20,21,22). The number of rotatable bonds is 4. The van der Waals surface area contributed by atoms with Crippen molar-refractivity contribution in [3.05, 3.63) is 35.7 Å². The molecule has 2 aliphatic heterocycles. The lowest BCUT2D eigenvalue weighted by Crippen LogP contribution is -2.35. The average molecular weight is 412 g/mol. The van der Waals surface area contributed by atoms with E-state index in [9.17, 15) is 14.4 Å². The molecule has 0 unspecified atom stereocenters. The van der Waals surface area contributed by atoms with Crippen LogP contribution in [0.3, 0.4) is 0 Å². The molecule has 156 valence electrons. The molecule has 3 heterocycles. The van der Waals surface area contributed by atoms with E-state index in [1.807, 2.05) is 6.92 Å². The van der Waals surface area contributed by atoms with E-state index in [0.717, 1.165) is 5.56 Å². The molecular weight excluding hydrogens is 392 g/mol. The predicted octanol–water partition coefficient (Wildman–Crippen LogP) is 0.733. The van der Waals surface area contributed by atoms with Crippen LogP contribution in [0.25, 0.3) is 0 Å². The Morgan fingerprint density at radius 2 is 2.00 bits per heavy atom. The van der Waals surface area contributed by atoms with Gasteiger partial charge in [0.15, 0.2) is 0 Å². The number of aromatic nitrogens is 2. The predicted molar refractivity (Wildman–Crippen MR) is 107 cm³/mol. The second-order valence-electron chi connectivity index (χ2n) is 6.96. The molecule has 3 amide bonds. The largest absolute Gasteiger partial charge is 0.480 e. The van der Waals surface area contributed by atoms with E-state index in [-0.39, 0.29) is 42.4 Å². The Bertz CT molecular complexity index is 1040. The second kappa shape index (κ2) is 7.50. The maximum absolute atomic E-state index is 13.1. The van der Waals surface area contributed by atoms with Crippen LogP contribution in [0, 0.1) is 6.92 Å². The number of ether oxygens (including phenoxy) is 1. The van der Waals surface area contributed by atoms with Crippen LogP contribution in [-0.2, 0) is 4.79 Å². The Morgan fingerprint density at radius 1 is 1.20 bits per heavy atom. The molecule has 11 nitrogen and oxygen atoms in total. The molecule has 1 fully saturated rings. The molecule has 0 saturated carbocycles. The van der Waals surface area contributed by atoms with Gasteiger partial charge in [0, 0.05) is 24.5 Å². The van der Waals surface area contributed by atoms with Gasteiger partial charge in [0.1, 0.15) is 30.9 Å². The molecule has 1 saturated heterocycles. The number of aryl methyl sites for hydroxylation is 1. The molecule has 1 aromatic heterocycles. The Kier molecular flexibility index (Phi) is 4.86. The molecule has 4 rings (SSSR count). The van der Waals surface area contributed by atoms with Crippen LogP contribution < -0.4 is 20.3 Å². The monoisotopic (exact) mass is 412 g/mol. The number of benzene rings is 1. The summed E-state index contributed by atoms with van der Waals surface area (Å²) < 4.78 is 5.54. The van der Waals surface area contributed by atoms with Gasteiger partial charge >= 0.3 is 12.0 Å². The van der Waals surface area contributed by atoms with Crippen molar-refractivity contribution < 1.29 is 24.2 Å². The van der Waals surface area contributed by atoms with Crippen LogP contribution in [0.2, 0.25) is 0 Å². The molecule has 3 N–H and O–H groups in total. The van der Waals surface area contributed by atoms with Crippen LogP contribution in [0.5, 0.6) is 5.88 Å². The number of aliphatic carboxylic acids is 1. The third kappa shape index (κ3) is 3.34. The molecule has 30 heavy (non-hydrogen) atoms. The maximum Gasteiger partial charge on any atom is 0.325 e. The topological polar surface area (TPSA) is 142 Å². The quantitative estimate of drug-likeness (QED) is 0.748. The lowest BCUT2D eigenvalue weighted by molar-refractivity contribution is -0.137. The van der Waals surface area contributed by atoms with Crippen molar-refractivity contribution in [1.29, 1.82) is 0 Å². The van der Waals surface area contributed by atoms with Crippen LogP contribution in [0.15, 0.2) is 24.5 Å². The van der Waals surface area contributed by atoms with Gasteiger partial charge in [-0.15, -0.1) is 0 Å². The highest BCUT2D eigenvalue weighted by atomic mass is 16.5. The van der Waals surface area contributed by atoms with E-state index in [0.29, 0.717) is 31.0 Å². The van der Waals surface area contributed by atoms with Crippen molar-refractivity contribution in [2.24, 2.45) is 0 Å². The molecule has 0 bridgehead atoms. The molecule has 0 aliphatic carbocycles. The zero-order valence-electron chi connectivity index (χ0n) is 16.2. The molecular formula is C19H20N6O5. The number of carbonyl (C=O) groups is 3. The van der Waals surface area contributed by atoms with E-state index in [1.54, 1.807) is 18.2 Å². The van der Waals surface area contributed by atoms with E-state index in [4.69, 9.17) is 15.6 Å². The van der Waals surface area contributed by atoms with E-state index < -0.39 is 5.97 Å². The smallest absolute Gasteiger partial charge is 0.325 e. The van der Waals surface area contributed by atoms with Crippen LogP contribution in [0.4, 0.5) is 22.0 Å². The van der Waals surface area contributed by atoms with E-state index in [2.05, 4.69) is 9.97 Å². The van der Waals surface area contributed by atoms with Crippen molar-refractivity contribution in [2.45, 2.75) is 6.92 Å². The molecule has 1 aromatic carbocycles. The first-order valence-electron chi connectivity index (χ1n) is 9.31. The highest BCUT2D eigenvalue weighted by Crippen LogP contribution is 2.31. The minimum Gasteiger partial charge on any atom is -0.480 e. The molecule has 0 radical (unpaired) electrons. The number of nitrogens with two attached hydrogens (primary N) is 1. The Balaban J connectivity index is 1.61. The minimum atomic E-state index is -1.05. The first-order chi connectivity index (χ1) is 14.4. The summed E-state index contributed by atoms with van der Waals surface area (Å²) in [6.07, 6.45) is 1.25. The summed E-state index contributed by atoms with van der Waals surface area (Å²) in [5.41, 5.74) is 8.05. The van der Waals surface area contributed by atoms with Crippen molar-refractivity contribution in [3.63, 3.8) is 0 Å². The third-order valence-electron chi connectivity index (χ3n) is 5.06. The molecule has 11 heteroatoms. The maximum atomic E-state index is 13.1. The SMILES string of the molecule is Cc1cc(N2CCOc3ncnc(N)c3C2=O)ccc1N1CCN(CC(=O)O)C1=O. The fraction of sp³-hybridized carbons (Fsp3) is 0.316. The Labute approximate surface area is 171 Å².